The van der Waals surface area contributed by atoms with Gasteiger partial charge in [0.15, 0.2) is 17.3 Å². The summed E-state index contributed by atoms with van der Waals surface area (Å²) in [5, 5.41) is 31.8. The third-order valence-electron chi connectivity index (χ3n) is 10.5. The van der Waals surface area contributed by atoms with Gasteiger partial charge in [-0.2, -0.15) is 0 Å². The molecule has 3 heterocycles. The predicted molar refractivity (Wildman–Crippen MR) is 278 cm³/mol. The van der Waals surface area contributed by atoms with Crippen molar-refractivity contribution in [1.82, 2.24) is 0 Å². The van der Waals surface area contributed by atoms with Crippen LogP contribution in [0.25, 0.3) is 32.9 Å². The highest BCUT2D eigenvalue weighted by molar-refractivity contribution is 9.12. The van der Waals surface area contributed by atoms with Crippen LogP contribution in [0.15, 0.2) is 149 Å². The zero-order chi connectivity index (χ0) is 47.6. The maximum Gasteiger partial charge on any atom is 0.197 e. The van der Waals surface area contributed by atoms with Gasteiger partial charge in [-0.1, -0.05) is 75.4 Å². The maximum absolute atomic E-state index is 12.9. The Morgan fingerprint density at radius 2 is 0.606 bits per heavy atom. The summed E-state index contributed by atoms with van der Waals surface area (Å²) in [6, 6.07) is 32.2. The Balaban J connectivity index is 0.000000147. The van der Waals surface area contributed by atoms with Crippen molar-refractivity contribution in [2.24, 2.45) is 0 Å². The van der Waals surface area contributed by atoms with E-state index in [2.05, 4.69) is 95.6 Å². The summed E-state index contributed by atoms with van der Waals surface area (Å²) in [6.45, 7) is 5.87. The molecule has 66 heavy (non-hydrogen) atoms. The molecule has 6 aromatic carbocycles. The van der Waals surface area contributed by atoms with Crippen LogP contribution >= 0.6 is 95.6 Å². The molecule has 9 aromatic rings. The zero-order valence-electron chi connectivity index (χ0n) is 35.1. The van der Waals surface area contributed by atoms with E-state index in [4.69, 9.17) is 13.3 Å². The first kappa shape index (κ1) is 49.1. The SMILES string of the molecule is CCc1oc2ccccc2c1C(=O)c1cc(Br)c(O)c(Br)c1.CCc1oc2ccccc2c1C(=O)c1cc(Br)c(O)c(Br)c1.CCc1oc2ccccc2c1C(=O)c1cc(Br)c(O)c(Br)c1. The van der Waals surface area contributed by atoms with Crippen LogP contribution in [-0.4, -0.2) is 32.7 Å². The molecule has 0 aliphatic rings. The van der Waals surface area contributed by atoms with Gasteiger partial charge < -0.3 is 28.6 Å². The second kappa shape index (κ2) is 21.0. The van der Waals surface area contributed by atoms with E-state index < -0.39 is 0 Å². The second-order valence-electron chi connectivity index (χ2n) is 14.6. The number of carbonyl (C=O) groups excluding carboxylic acids is 3. The van der Waals surface area contributed by atoms with Gasteiger partial charge >= 0.3 is 0 Å². The molecule has 15 heteroatoms. The van der Waals surface area contributed by atoms with Crippen LogP contribution in [0.3, 0.4) is 0 Å². The summed E-state index contributed by atoms with van der Waals surface area (Å²) in [4.78, 5) is 38.8. The molecular formula is C51H36Br6O9. The quantitative estimate of drug-likeness (QED) is 0.120. The number of phenolic OH excluding ortho intramolecular Hbond substituents is 3. The lowest BCUT2D eigenvalue weighted by Gasteiger charge is -2.06. The number of halogens is 6. The maximum atomic E-state index is 12.9. The van der Waals surface area contributed by atoms with Crippen LogP contribution in [0.2, 0.25) is 0 Å². The molecule has 3 N–H and O–H groups in total. The van der Waals surface area contributed by atoms with E-state index in [1.54, 1.807) is 36.4 Å². The lowest BCUT2D eigenvalue weighted by Crippen LogP contribution is -2.03. The molecule has 0 aliphatic heterocycles. The predicted octanol–water partition coefficient (Wildman–Crippen LogP) is 16.4. The number of benzene rings is 6. The molecule has 3 aromatic heterocycles. The molecule has 0 atom stereocenters. The summed E-state index contributed by atoms with van der Waals surface area (Å²) in [5.74, 6) is 1.87. The smallest absolute Gasteiger partial charge is 0.197 e. The van der Waals surface area contributed by atoms with Crippen molar-refractivity contribution in [2.75, 3.05) is 0 Å². The van der Waals surface area contributed by atoms with Crippen LogP contribution in [0.1, 0.15) is 85.8 Å². The highest BCUT2D eigenvalue weighted by Gasteiger charge is 2.25. The highest BCUT2D eigenvalue weighted by Crippen LogP contribution is 2.39. The van der Waals surface area contributed by atoms with Crippen LogP contribution < -0.4 is 0 Å². The minimum Gasteiger partial charge on any atom is -0.506 e. The summed E-state index contributed by atoms with van der Waals surface area (Å²) in [5.41, 5.74) is 5.33. The number of furan rings is 3. The first-order valence-corrected chi connectivity index (χ1v) is 25.0. The minimum absolute atomic E-state index is 0.0734. The van der Waals surface area contributed by atoms with Crippen molar-refractivity contribution >= 4 is 146 Å². The fraction of sp³-hybridized carbons (Fsp3) is 0.118. The van der Waals surface area contributed by atoms with Crippen LogP contribution in [-0.2, 0) is 19.3 Å². The molecule has 0 radical (unpaired) electrons. The number of aryl methyl sites for hydroxylation is 3. The van der Waals surface area contributed by atoms with E-state index in [1.165, 1.54) is 0 Å². The lowest BCUT2D eigenvalue weighted by atomic mass is 9.99. The average molecular weight is 1270 g/mol. The first-order chi connectivity index (χ1) is 31.6. The van der Waals surface area contributed by atoms with Gasteiger partial charge in [-0.25, -0.2) is 0 Å². The number of ketones is 3. The van der Waals surface area contributed by atoms with Gasteiger partial charge in [0.05, 0.1) is 43.5 Å². The van der Waals surface area contributed by atoms with Crippen molar-refractivity contribution in [1.29, 1.82) is 0 Å². The third kappa shape index (κ3) is 9.93. The fourth-order valence-corrected chi connectivity index (χ4v) is 10.9. The number of carbonyl (C=O) groups is 3. The molecule has 9 rings (SSSR count). The van der Waals surface area contributed by atoms with Crippen LogP contribution in [0.5, 0.6) is 17.2 Å². The van der Waals surface area contributed by atoms with Crippen molar-refractivity contribution in [3.05, 3.63) is 187 Å². The number of hydrogen-bond acceptors (Lipinski definition) is 9. The highest BCUT2D eigenvalue weighted by atomic mass is 79.9. The average Bonchev–Trinajstić information content (AvgIpc) is 4.02. The van der Waals surface area contributed by atoms with Gasteiger partial charge in [0.25, 0.3) is 0 Å². The summed E-state index contributed by atoms with van der Waals surface area (Å²) in [6.07, 6.45) is 1.91. The number of fused-ring (bicyclic) bond motifs is 3. The summed E-state index contributed by atoms with van der Waals surface area (Å²) in [7, 11) is 0. The largest absolute Gasteiger partial charge is 0.506 e. The molecule has 9 nitrogen and oxygen atoms in total. The van der Waals surface area contributed by atoms with Crippen molar-refractivity contribution in [3.8, 4) is 17.2 Å². The Bertz CT molecular complexity index is 2920. The van der Waals surface area contributed by atoms with Gasteiger partial charge in [0.1, 0.15) is 51.3 Å². The number of para-hydroxylation sites is 3. The Morgan fingerprint density at radius 1 is 0.394 bits per heavy atom. The molecule has 0 saturated carbocycles. The zero-order valence-corrected chi connectivity index (χ0v) is 44.6. The molecule has 0 bridgehead atoms. The van der Waals surface area contributed by atoms with Gasteiger partial charge in [-0.05, 0) is 150 Å². The Kier molecular flexibility index (Phi) is 15.7. The molecule has 0 saturated heterocycles. The minimum atomic E-state index is -0.122. The van der Waals surface area contributed by atoms with Crippen LogP contribution in [0, 0.1) is 0 Å². The van der Waals surface area contributed by atoms with Gasteiger partial charge in [-0.15, -0.1) is 0 Å². The van der Waals surface area contributed by atoms with E-state index in [9.17, 15) is 29.7 Å². The molecule has 336 valence electrons. The number of aromatic hydroxyl groups is 3. The molecular weight excluding hydrogens is 1240 g/mol. The number of hydrogen-bond donors (Lipinski definition) is 3. The first-order valence-electron chi connectivity index (χ1n) is 20.3. The van der Waals surface area contributed by atoms with E-state index in [0.717, 1.165) is 16.2 Å². The fourth-order valence-electron chi connectivity index (χ4n) is 7.30. The molecule has 0 amide bonds. The monoisotopic (exact) mass is 1270 g/mol. The number of rotatable bonds is 9. The summed E-state index contributed by atoms with van der Waals surface area (Å²) >= 11 is 19.5. The Labute approximate surface area is 429 Å². The Morgan fingerprint density at radius 3 is 0.818 bits per heavy atom. The van der Waals surface area contributed by atoms with E-state index in [1.807, 2.05) is 93.6 Å². The van der Waals surface area contributed by atoms with Crippen LogP contribution in [0.4, 0.5) is 0 Å². The Hall–Kier alpha value is -4.77. The topological polar surface area (TPSA) is 151 Å². The summed E-state index contributed by atoms with van der Waals surface area (Å²) < 4.78 is 20.2. The number of phenols is 3. The molecule has 0 fully saturated rings. The van der Waals surface area contributed by atoms with Crippen molar-refractivity contribution < 1.29 is 43.0 Å². The van der Waals surface area contributed by atoms with Gasteiger partial charge in [-0.3, -0.25) is 14.4 Å². The van der Waals surface area contributed by atoms with Crippen molar-refractivity contribution in [2.45, 2.75) is 40.0 Å². The van der Waals surface area contributed by atoms with Gasteiger partial charge in [0, 0.05) is 52.1 Å². The molecule has 0 spiro atoms. The van der Waals surface area contributed by atoms with Gasteiger partial charge in [0.2, 0.25) is 0 Å². The van der Waals surface area contributed by atoms with E-state index in [-0.39, 0.29) is 34.6 Å². The second-order valence-corrected chi connectivity index (χ2v) is 19.7. The standard InChI is InChI=1S/3C17H12Br2O3/c3*1-2-13-15(10-5-3-4-6-14(10)22-13)16(20)9-7-11(18)17(21)12(19)8-9/h3*3-8,21H,2H2,1H3. The molecule has 0 unspecified atom stereocenters. The molecule has 0 aliphatic carbocycles. The van der Waals surface area contributed by atoms with Crippen molar-refractivity contribution in [3.63, 3.8) is 0 Å². The van der Waals surface area contributed by atoms with E-state index >= 15 is 0 Å². The van der Waals surface area contributed by atoms with E-state index in [0.29, 0.717) is 114 Å². The normalized spacial score (nSPS) is 11.0. The third-order valence-corrected chi connectivity index (χ3v) is 14.1. The lowest BCUT2D eigenvalue weighted by molar-refractivity contribution is 0.103.